The first-order chi connectivity index (χ1) is 9.20. The Hall–Kier alpha value is -1.59. The molecule has 1 amide bonds. The average molecular weight is 264 g/mol. The average Bonchev–Trinajstić information content (AvgIpc) is 2.47. The smallest absolute Gasteiger partial charge is 0.250 e. The Labute approximate surface area is 113 Å². The molecule has 1 aromatic carbocycles. The van der Waals surface area contributed by atoms with Gasteiger partial charge in [0.05, 0.1) is 13.7 Å². The van der Waals surface area contributed by atoms with E-state index in [-0.39, 0.29) is 12.0 Å². The normalized spacial score (nSPS) is 18.9. The van der Waals surface area contributed by atoms with Crippen LogP contribution >= 0.6 is 0 Å². The van der Waals surface area contributed by atoms with Gasteiger partial charge in [0, 0.05) is 19.6 Å². The van der Waals surface area contributed by atoms with Gasteiger partial charge < -0.3 is 20.1 Å². The summed E-state index contributed by atoms with van der Waals surface area (Å²) in [5, 5.41) is 6.01. The Morgan fingerprint density at radius 3 is 3.11 bits per heavy atom. The van der Waals surface area contributed by atoms with Crippen molar-refractivity contribution in [1.82, 2.24) is 10.6 Å². The number of aryl methyl sites for hydroxylation is 1. The summed E-state index contributed by atoms with van der Waals surface area (Å²) in [5.74, 6) is 0.758. The van der Waals surface area contributed by atoms with Crippen molar-refractivity contribution in [2.24, 2.45) is 0 Å². The van der Waals surface area contributed by atoms with Crippen LogP contribution in [0, 0.1) is 6.92 Å². The van der Waals surface area contributed by atoms with Crippen LogP contribution in [0.5, 0.6) is 5.75 Å². The van der Waals surface area contributed by atoms with Crippen LogP contribution in [0.15, 0.2) is 18.2 Å². The van der Waals surface area contributed by atoms with E-state index in [0.29, 0.717) is 19.7 Å². The lowest BCUT2D eigenvalue weighted by atomic mass is 10.1. The van der Waals surface area contributed by atoms with Crippen LogP contribution in [0.25, 0.3) is 0 Å². The molecule has 104 valence electrons. The van der Waals surface area contributed by atoms with E-state index in [0.717, 1.165) is 23.4 Å². The van der Waals surface area contributed by atoms with Gasteiger partial charge in [-0.05, 0) is 24.1 Å². The molecule has 1 heterocycles. The fourth-order valence-electron chi connectivity index (χ4n) is 2.01. The Morgan fingerprint density at radius 2 is 2.42 bits per heavy atom. The van der Waals surface area contributed by atoms with E-state index < -0.39 is 0 Å². The van der Waals surface area contributed by atoms with E-state index >= 15 is 0 Å². The lowest BCUT2D eigenvalue weighted by Crippen LogP contribution is -2.47. The van der Waals surface area contributed by atoms with Crippen LogP contribution in [0.2, 0.25) is 0 Å². The summed E-state index contributed by atoms with van der Waals surface area (Å²) in [7, 11) is 1.65. The van der Waals surface area contributed by atoms with Gasteiger partial charge in [-0.25, -0.2) is 0 Å². The van der Waals surface area contributed by atoms with Crippen molar-refractivity contribution in [3.8, 4) is 5.75 Å². The van der Waals surface area contributed by atoms with E-state index in [1.165, 1.54) is 0 Å². The summed E-state index contributed by atoms with van der Waals surface area (Å²) in [4.78, 5) is 11.9. The van der Waals surface area contributed by atoms with E-state index in [2.05, 4.69) is 10.6 Å². The van der Waals surface area contributed by atoms with Gasteiger partial charge in [0.2, 0.25) is 0 Å². The minimum absolute atomic E-state index is 0.0771. The fourth-order valence-corrected chi connectivity index (χ4v) is 2.01. The molecule has 1 unspecified atom stereocenters. The van der Waals surface area contributed by atoms with Gasteiger partial charge in [-0.1, -0.05) is 12.1 Å². The summed E-state index contributed by atoms with van der Waals surface area (Å²) in [5.41, 5.74) is 2.09. The summed E-state index contributed by atoms with van der Waals surface area (Å²) < 4.78 is 10.7. The molecule has 0 aliphatic carbocycles. The molecule has 5 heteroatoms. The third-order valence-electron chi connectivity index (χ3n) is 3.16. The second-order valence-electron chi connectivity index (χ2n) is 4.59. The van der Waals surface area contributed by atoms with Gasteiger partial charge in [0.25, 0.3) is 5.91 Å². The van der Waals surface area contributed by atoms with Gasteiger partial charge in [0.1, 0.15) is 11.9 Å². The molecule has 1 aliphatic heterocycles. The second-order valence-corrected chi connectivity index (χ2v) is 4.59. The SMILES string of the molecule is COc1cc(CNC(=O)C2CNCCO2)ccc1C. The first-order valence-electron chi connectivity index (χ1n) is 6.44. The van der Waals surface area contributed by atoms with Gasteiger partial charge in [-0.3, -0.25) is 4.79 Å². The molecular weight excluding hydrogens is 244 g/mol. The predicted molar refractivity (Wildman–Crippen MR) is 72.2 cm³/mol. The van der Waals surface area contributed by atoms with Crippen molar-refractivity contribution in [2.45, 2.75) is 19.6 Å². The van der Waals surface area contributed by atoms with E-state index in [1.807, 2.05) is 25.1 Å². The van der Waals surface area contributed by atoms with E-state index in [1.54, 1.807) is 7.11 Å². The molecule has 0 saturated carbocycles. The number of amides is 1. The largest absolute Gasteiger partial charge is 0.496 e. The minimum atomic E-state index is -0.388. The molecule has 0 radical (unpaired) electrons. The monoisotopic (exact) mass is 264 g/mol. The van der Waals surface area contributed by atoms with Crippen molar-refractivity contribution in [3.63, 3.8) is 0 Å². The Bertz CT molecular complexity index is 442. The molecule has 1 aliphatic rings. The molecule has 0 aromatic heterocycles. The van der Waals surface area contributed by atoms with Crippen molar-refractivity contribution in [1.29, 1.82) is 0 Å². The van der Waals surface area contributed by atoms with E-state index in [9.17, 15) is 4.79 Å². The summed E-state index contributed by atoms with van der Waals surface area (Å²) in [6.45, 7) is 4.43. The zero-order valence-electron chi connectivity index (χ0n) is 11.4. The van der Waals surface area contributed by atoms with Gasteiger partial charge in [0.15, 0.2) is 0 Å². The highest BCUT2D eigenvalue weighted by molar-refractivity contribution is 5.81. The number of morpholine rings is 1. The van der Waals surface area contributed by atoms with Crippen LogP contribution < -0.4 is 15.4 Å². The highest BCUT2D eigenvalue weighted by atomic mass is 16.5. The highest BCUT2D eigenvalue weighted by Crippen LogP contribution is 2.18. The molecule has 1 atom stereocenters. The number of hydrogen-bond acceptors (Lipinski definition) is 4. The van der Waals surface area contributed by atoms with Crippen LogP contribution in [0.3, 0.4) is 0 Å². The van der Waals surface area contributed by atoms with Crippen molar-refractivity contribution in [2.75, 3.05) is 26.8 Å². The second kappa shape index (κ2) is 6.54. The third-order valence-corrected chi connectivity index (χ3v) is 3.16. The summed E-state index contributed by atoms with van der Waals surface area (Å²) in [6, 6.07) is 5.91. The molecule has 2 N–H and O–H groups in total. The minimum Gasteiger partial charge on any atom is -0.496 e. The van der Waals surface area contributed by atoms with Crippen LogP contribution in [0.4, 0.5) is 0 Å². The van der Waals surface area contributed by atoms with Crippen LogP contribution in [0.1, 0.15) is 11.1 Å². The highest BCUT2D eigenvalue weighted by Gasteiger charge is 2.21. The number of methoxy groups -OCH3 is 1. The topological polar surface area (TPSA) is 59.6 Å². The van der Waals surface area contributed by atoms with Crippen LogP contribution in [-0.4, -0.2) is 38.8 Å². The first kappa shape index (κ1) is 13.8. The van der Waals surface area contributed by atoms with Gasteiger partial charge in [-0.2, -0.15) is 0 Å². The zero-order chi connectivity index (χ0) is 13.7. The van der Waals surface area contributed by atoms with Crippen molar-refractivity contribution in [3.05, 3.63) is 29.3 Å². The molecular formula is C14H20N2O3. The maximum atomic E-state index is 11.9. The molecule has 2 rings (SSSR count). The van der Waals surface area contributed by atoms with Gasteiger partial charge >= 0.3 is 0 Å². The zero-order valence-corrected chi connectivity index (χ0v) is 11.4. The first-order valence-corrected chi connectivity index (χ1v) is 6.44. The molecule has 19 heavy (non-hydrogen) atoms. The fraction of sp³-hybridized carbons (Fsp3) is 0.500. The number of rotatable bonds is 4. The Kier molecular flexibility index (Phi) is 4.76. The molecule has 5 nitrogen and oxygen atoms in total. The third kappa shape index (κ3) is 3.68. The lowest BCUT2D eigenvalue weighted by molar-refractivity contribution is -0.134. The van der Waals surface area contributed by atoms with Crippen molar-refractivity contribution >= 4 is 5.91 Å². The molecule has 0 bridgehead atoms. The van der Waals surface area contributed by atoms with Gasteiger partial charge in [-0.15, -0.1) is 0 Å². The maximum Gasteiger partial charge on any atom is 0.250 e. The Morgan fingerprint density at radius 1 is 1.58 bits per heavy atom. The molecule has 1 aromatic rings. The lowest BCUT2D eigenvalue weighted by Gasteiger charge is -2.22. The maximum absolute atomic E-state index is 11.9. The van der Waals surface area contributed by atoms with Crippen LogP contribution in [-0.2, 0) is 16.1 Å². The summed E-state index contributed by atoms with van der Waals surface area (Å²) in [6.07, 6.45) is -0.388. The number of carbonyl (C=O) groups excluding carboxylic acids is 1. The number of nitrogens with one attached hydrogen (secondary N) is 2. The standard InChI is InChI=1S/C14H20N2O3/c1-10-3-4-11(7-12(10)18-2)8-16-14(17)13-9-15-5-6-19-13/h3-4,7,13,15H,5-6,8-9H2,1-2H3,(H,16,17). The van der Waals surface area contributed by atoms with E-state index in [4.69, 9.17) is 9.47 Å². The summed E-state index contributed by atoms with van der Waals surface area (Å²) >= 11 is 0. The number of hydrogen-bond donors (Lipinski definition) is 2. The molecule has 0 spiro atoms. The number of carbonyl (C=O) groups is 1. The van der Waals surface area contributed by atoms with Crippen molar-refractivity contribution < 1.29 is 14.3 Å². The molecule has 1 saturated heterocycles. The number of benzene rings is 1. The number of ether oxygens (including phenoxy) is 2. The molecule has 1 fully saturated rings. The Balaban J connectivity index is 1.89. The predicted octanol–water partition coefficient (Wildman–Crippen LogP) is 0.608. The quantitative estimate of drug-likeness (QED) is 0.836.